The van der Waals surface area contributed by atoms with Gasteiger partial charge in [-0.1, -0.05) is 35.9 Å². The number of carbonyl (C=O) groups is 1. The van der Waals surface area contributed by atoms with Crippen molar-refractivity contribution in [3.63, 3.8) is 0 Å². The molecule has 2 aromatic rings. The predicted molar refractivity (Wildman–Crippen MR) is 102 cm³/mol. The molecule has 0 aromatic heterocycles. The van der Waals surface area contributed by atoms with Gasteiger partial charge in [0, 0.05) is 5.69 Å². The molecule has 2 rings (SSSR count). The maximum Gasteiger partial charge on any atom is 0.266 e. The van der Waals surface area contributed by atoms with E-state index < -0.39 is 6.10 Å². The fraction of sp³-hybridized carbons (Fsp3) is 0.263. The zero-order valence-corrected chi connectivity index (χ0v) is 15.2. The van der Waals surface area contributed by atoms with Gasteiger partial charge in [-0.05, 0) is 63.2 Å². The topological polar surface area (TPSA) is 50.4 Å². The summed E-state index contributed by atoms with van der Waals surface area (Å²) < 4.78 is 5.59. The summed E-state index contributed by atoms with van der Waals surface area (Å²) in [5, 5.41) is 6.04. The lowest BCUT2D eigenvalue weighted by molar-refractivity contribution is -0.125. The van der Waals surface area contributed by atoms with E-state index in [1.165, 1.54) is 5.56 Å². The van der Waals surface area contributed by atoms with Crippen molar-refractivity contribution >= 4 is 28.9 Å². The molecule has 0 fully saturated rings. The summed E-state index contributed by atoms with van der Waals surface area (Å²) in [5.41, 5.74) is 4.27. The first-order chi connectivity index (χ1) is 11.4. The summed E-state index contributed by atoms with van der Waals surface area (Å²) in [5.74, 6) is 0.350. The van der Waals surface area contributed by atoms with Crippen LogP contribution in [0.4, 0.5) is 5.69 Å². The van der Waals surface area contributed by atoms with E-state index in [0.717, 1.165) is 16.8 Å². The monoisotopic (exact) mass is 342 g/mol. The number of ether oxygens (including phenoxy) is 1. The smallest absolute Gasteiger partial charge is 0.266 e. The van der Waals surface area contributed by atoms with E-state index in [0.29, 0.717) is 5.75 Å². The molecule has 0 heterocycles. The van der Waals surface area contributed by atoms with E-state index >= 15 is 0 Å². The summed E-state index contributed by atoms with van der Waals surface area (Å²) in [6.45, 7) is 7.75. The second-order valence-electron chi connectivity index (χ2n) is 5.79. The van der Waals surface area contributed by atoms with Crippen molar-refractivity contribution in [2.45, 2.75) is 33.8 Å². The molecule has 2 aromatic carbocycles. The summed E-state index contributed by atoms with van der Waals surface area (Å²) in [6.07, 6.45) is -0.646. The standard InChI is InChI=1S/C19H22N2O2S/c1-12-10-13(2)17(14(3)11-12)20-19(24)21-18(22)15(4)23-16-8-6-5-7-9-16/h5-11,15H,1-4H3,(H2,20,21,22,24)/t15-/m0/s1. The molecule has 1 amide bonds. The number of hydrogen-bond acceptors (Lipinski definition) is 3. The minimum atomic E-state index is -0.646. The maximum atomic E-state index is 12.2. The van der Waals surface area contributed by atoms with Crippen LogP contribution < -0.4 is 15.4 Å². The molecular formula is C19H22N2O2S. The average Bonchev–Trinajstić information content (AvgIpc) is 2.51. The van der Waals surface area contributed by atoms with Crippen molar-refractivity contribution < 1.29 is 9.53 Å². The van der Waals surface area contributed by atoms with Crippen LogP contribution in [0.1, 0.15) is 23.6 Å². The Bertz CT molecular complexity index is 721. The molecular weight excluding hydrogens is 320 g/mol. The number of amides is 1. The number of carbonyl (C=O) groups excluding carboxylic acids is 1. The van der Waals surface area contributed by atoms with Crippen LogP contribution in [-0.2, 0) is 4.79 Å². The van der Waals surface area contributed by atoms with E-state index in [4.69, 9.17) is 17.0 Å². The Morgan fingerprint density at radius 2 is 1.67 bits per heavy atom. The van der Waals surface area contributed by atoms with Crippen molar-refractivity contribution in [2.24, 2.45) is 0 Å². The number of rotatable bonds is 4. The second kappa shape index (κ2) is 7.93. The molecule has 1 atom stereocenters. The fourth-order valence-electron chi connectivity index (χ4n) is 2.49. The molecule has 0 spiro atoms. The molecule has 0 saturated heterocycles. The van der Waals surface area contributed by atoms with Gasteiger partial charge in [0.25, 0.3) is 5.91 Å². The van der Waals surface area contributed by atoms with Crippen LogP contribution in [0.3, 0.4) is 0 Å². The Balaban J connectivity index is 1.96. The molecule has 0 saturated carbocycles. The summed E-state index contributed by atoms with van der Waals surface area (Å²) in [4.78, 5) is 12.2. The van der Waals surface area contributed by atoms with Crippen molar-refractivity contribution in [3.8, 4) is 5.75 Å². The van der Waals surface area contributed by atoms with Crippen LogP contribution in [0, 0.1) is 20.8 Å². The van der Waals surface area contributed by atoms with E-state index in [1.54, 1.807) is 19.1 Å². The lowest BCUT2D eigenvalue weighted by atomic mass is 10.1. The van der Waals surface area contributed by atoms with E-state index in [9.17, 15) is 4.79 Å². The SMILES string of the molecule is Cc1cc(C)c(NC(=S)NC(=O)[C@H](C)Oc2ccccc2)c(C)c1. The first-order valence-corrected chi connectivity index (χ1v) is 8.19. The number of anilines is 1. The third-order valence-corrected chi connectivity index (χ3v) is 3.78. The van der Waals surface area contributed by atoms with Crippen molar-refractivity contribution in [1.29, 1.82) is 0 Å². The zero-order valence-electron chi connectivity index (χ0n) is 14.3. The van der Waals surface area contributed by atoms with Crippen molar-refractivity contribution in [2.75, 3.05) is 5.32 Å². The van der Waals surface area contributed by atoms with Crippen LogP contribution in [0.15, 0.2) is 42.5 Å². The lowest BCUT2D eigenvalue weighted by Crippen LogP contribution is -2.42. The number of hydrogen-bond donors (Lipinski definition) is 2. The van der Waals surface area contributed by atoms with Crippen LogP contribution in [-0.4, -0.2) is 17.1 Å². The highest BCUT2D eigenvalue weighted by Gasteiger charge is 2.16. The molecule has 2 N–H and O–H groups in total. The molecule has 0 aliphatic rings. The normalized spacial score (nSPS) is 11.5. The van der Waals surface area contributed by atoms with Crippen molar-refractivity contribution in [1.82, 2.24) is 5.32 Å². The number of thiocarbonyl (C=S) groups is 1. The largest absolute Gasteiger partial charge is 0.481 e. The minimum absolute atomic E-state index is 0.263. The highest BCUT2D eigenvalue weighted by molar-refractivity contribution is 7.80. The Morgan fingerprint density at radius 1 is 1.08 bits per heavy atom. The molecule has 0 unspecified atom stereocenters. The number of benzene rings is 2. The first kappa shape index (κ1) is 17.9. The molecule has 126 valence electrons. The van der Waals surface area contributed by atoms with Gasteiger partial charge in [0.1, 0.15) is 5.75 Å². The molecule has 5 heteroatoms. The molecule has 0 radical (unpaired) electrons. The van der Waals surface area contributed by atoms with Crippen LogP contribution in [0.2, 0.25) is 0 Å². The second-order valence-corrected chi connectivity index (χ2v) is 6.20. The summed E-state index contributed by atoms with van der Waals surface area (Å²) >= 11 is 5.25. The van der Waals surface area contributed by atoms with Gasteiger partial charge in [0.05, 0.1) is 0 Å². The van der Waals surface area contributed by atoms with Crippen LogP contribution >= 0.6 is 12.2 Å². The van der Waals surface area contributed by atoms with Crippen LogP contribution in [0.25, 0.3) is 0 Å². The Hall–Kier alpha value is -2.40. The van der Waals surface area contributed by atoms with E-state index in [2.05, 4.69) is 22.8 Å². The number of nitrogens with one attached hydrogen (secondary N) is 2. The van der Waals surface area contributed by atoms with Gasteiger partial charge in [0.15, 0.2) is 11.2 Å². The maximum absolute atomic E-state index is 12.2. The zero-order chi connectivity index (χ0) is 17.7. The van der Waals surface area contributed by atoms with Gasteiger partial charge in [-0.15, -0.1) is 0 Å². The fourth-order valence-corrected chi connectivity index (χ4v) is 2.69. The van der Waals surface area contributed by atoms with Gasteiger partial charge in [-0.25, -0.2) is 0 Å². The Morgan fingerprint density at radius 3 is 2.25 bits per heavy atom. The first-order valence-electron chi connectivity index (χ1n) is 7.78. The molecule has 24 heavy (non-hydrogen) atoms. The molecule has 4 nitrogen and oxygen atoms in total. The Labute approximate surface area is 148 Å². The molecule has 0 aliphatic heterocycles. The third kappa shape index (κ3) is 4.80. The quantitative estimate of drug-likeness (QED) is 0.828. The van der Waals surface area contributed by atoms with Crippen molar-refractivity contribution in [3.05, 3.63) is 59.2 Å². The molecule has 0 bridgehead atoms. The van der Waals surface area contributed by atoms with E-state index in [-0.39, 0.29) is 11.0 Å². The van der Waals surface area contributed by atoms with Gasteiger partial charge >= 0.3 is 0 Å². The minimum Gasteiger partial charge on any atom is -0.481 e. The van der Waals surface area contributed by atoms with E-state index in [1.807, 2.05) is 39.0 Å². The van der Waals surface area contributed by atoms with Gasteiger partial charge in [-0.3, -0.25) is 10.1 Å². The lowest BCUT2D eigenvalue weighted by Gasteiger charge is -2.17. The summed E-state index contributed by atoms with van der Waals surface area (Å²) in [7, 11) is 0. The van der Waals surface area contributed by atoms with Gasteiger partial charge < -0.3 is 10.1 Å². The third-order valence-electron chi connectivity index (χ3n) is 3.58. The van der Waals surface area contributed by atoms with Crippen LogP contribution in [0.5, 0.6) is 5.75 Å². The predicted octanol–water partition coefficient (Wildman–Crippen LogP) is 3.89. The highest BCUT2D eigenvalue weighted by atomic mass is 32.1. The number of aryl methyl sites for hydroxylation is 3. The number of para-hydroxylation sites is 1. The molecule has 0 aliphatic carbocycles. The van der Waals surface area contributed by atoms with Gasteiger partial charge in [-0.2, -0.15) is 0 Å². The highest BCUT2D eigenvalue weighted by Crippen LogP contribution is 2.21. The van der Waals surface area contributed by atoms with Gasteiger partial charge in [0.2, 0.25) is 0 Å². The Kier molecular flexibility index (Phi) is 5.93. The summed E-state index contributed by atoms with van der Waals surface area (Å²) in [6, 6.07) is 13.4. The average molecular weight is 342 g/mol.